The van der Waals surface area contributed by atoms with Gasteiger partial charge in [-0.3, -0.25) is 4.79 Å². The number of carbonyl (C=O) groups excluding carboxylic acids is 1. The number of rotatable bonds is 3. The zero-order chi connectivity index (χ0) is 13.0. The Morgan fingerprint density at radius 3 is 3.00 bits per heavy atom. The summed E-state index contributed by atoms with van der Waals surface area (Å²) in [6, 6.07) is 7.58. The fraction of sp³-hybridized carbons (Fsp3) is 0.231. The summed E-state index contributed by atoms with van der Waals surface area (Å²) < 4.78 is 7.19. The van der Waals surface area contributed by atoms with Gasteiger partial charge in [-0.05, 0) is 24.6 Å². The van der Waals surface area contributed by atoms with Gasteiger partial charge in [0.2, 0.25) is 0 Å². The van der Waals surface area contributed by atoms with Crippen LogP contribution in [0.4, 0.5) is 0 Å². The van der Waals surface area contributed by atoms with Crippen LogP contribution < -0.4 is 9.54 Å². The molecule has 0 aliphatic rings. The summed E-state index contributed by atoms with van der Waals surface area (Å²) in [4.78, 5) is 16.3. The molecule has 94 valence electrons. The Balaban J connectivity index is 1.99. The fourth-order valence-electron chi connectivity index (χ4n) is 1.42. The first-order valence-corrected chi connectivity index (χ1v) is 6.40. The minimum absolute atomic E-state index is 0.0403. The summed E-state index contributed by atoms with van der Waals surface area (Å²) in [6.45, 7) is 1.94. The topological polar surface area (TPSA) is 43.6 Å². The highest BCUT2D eigenvalue weighted by Gasteiger charge is 2.02. The van der Waals surface area contributed by atoms with Crippen LogP contribution in [0.15, 0.2) is 40.8 Å². The third kappa shape index (κ3) is 3.30. The molecule has 0 N–H and O–H groups in total. The smallest absolute Gasteiger partial charge is 0.286 e. The minimum Gasteiger partial charge on any atom is -0.484 e. The first-order chi connectivity index (χ1) is 8.65. The van der Waals surface area contributed by atoms with Crippen molar-refractivity contribution in [2.75, 3.05) is 6.61 Å². The van der Waals surface area contributed by atoms with Crippen LogP contribution in [0.25, 0.3) is 0 Å². The van der Waals surface area contributed by atoms with Gasteiger partial charge in [-0.25, -0.2) is 0 Å². The van der Waals surface area contributed by atoms with E-state index < -0.39 is 0 Å². The third-order valence-corrected chi connectivity index (χ3v) is 3.18. The molecule has 0 spiro atoms. The Morgan fingerprint density at radius 2 is 2.33 bits per heavy atom. The van der Waals surface area contributed by atoms with Crippen LogP contribution >= 0.6 is 11.3 Å². The van der Waals surface area contributed by atoms with Crippen molar-refractivity contribution in [3.05, 3.63) is 46.2 Å². The van der Waals surface area contributed by atoms with E-state index in [2.05, 4.69) is 4.99 Å². The zero-order valence-electron chi connectivity index (χ0n) is 10.3. The quantitative estimate of drug-likeness (QED) is 0.848. The van der Waals surface area contributed by atoms with E-state index in [1.807, 2.05) is 49.8 Å². The van der Waals surface area contributed by atoms with E-state index in [0.29, 0.717) is 10.6 Å². The molecular formula is C13H14N2O2S. The van der Waals surface area contributed by atoms with Crippen molar-refractivity contribution >= 4 is 17.2 Å². The Hall–Kier alpha value is -1.88. The number of benzene rings is 1. The molecule has 5 heteroatoms. The molecule has 18 heavy (non-hydrogen) atoms. The Morgan fingerprint density at radius 1 is 1.50 bits per heavy atom. The summed E-state index contributed by atoms with van der Waals surface area (Å²) in [6.07, 6.45) is 1.86. The lowest BCUT2D eigenvalue weighted by Crippen LogP contribution is -2.16. The molecule has 4 nitrogen and oxygen atoms in total. The van der Waals surface area contributed by atoms with Gasteiger partial charge in [0.15, 0.2) is 11.4 Å². The first kappa shape index (κ1) is 12.6. The molecule has 2 rings (SSSR count). The summed E-state index contributed by atoms with van der Waals surface area (Å²) >= 11 is 1.42. The number of nitrogens with zero attached hydrogens (tertiary/aromatic N) is 2. The number of ether oxygens (including phenoxy) is 1. The minimum atomic E-state index is -0.283. The lowest BCUT2D eigenvalue weighted by Gasteiger charge is -2.03. The summed E-state index contributed by atoms with van der Waals surface area (Å²) in [5, 5.41) is 1.88. The van der Waals surface area contributed by atoms with Gasteiger partial charge in [0.25, 0.3) is 5.91 Å². The second kappa shape index (κ2) is 5.64. The summed E-state index contributed by atoms with van der Waals surface area (Å²) in [5.41, 5.74) is 1.10. The Labute approximate surface area is 109 Å². The average Bonchev–Trinajstić information content (AvgIpc) is 2.73. The summed E-state index contributed by atoms with van der Waals surface area (Å²) in [5.74, 6) is 0.406. The van der Waals surface area contributed by atoms with E-state index in [9.17, 15) is 4.79 Å². The average molecular weight is 262 g/mol. The van der Waals surface area contributed by atoms with Crippen molar-refractivity contribution in [1.29, 1.82) is 0 Å². The normalized spacial score (nSPS) is 11.6. The van der Waals surface area contributed by atoms with Gasteiger partial charge in [0, 0.05) is 18.6 Å². The largest absolute Gasteiger partial charge is 0.484 e. The lowest BCUT2D eigenvalue weighted by atomic mass is 10.2. The van der Waals surface area contributed by atoms with Crippen molar-refractivity contribution in [3.63, 3.8) is 0 Å². The number of aryl methyl sites for hydroxylation is 2. The molecule has 1 heterocycles. The molecule has 1 amide bonds. The van der Waals surface area contributed by atoms with Crippen LogP contribution in [0.3, 0.4) is 0 Å². The molecule has 0 aliphatic heterocycles. The molecule has 0 saturated carbocycles. The van der Waals surface area contributed by atoms with Gasteiger partial charge >= 0.3 is 0 Å². The van der Waals surface area contributed by atoms with Crippen molar-refractivity contribution in [2.45, 2.75) is 6.92 Å². The van der Waals surface area contributed by atoms with E-state index in [4.69, 9.17) is 4.74 Å². The number of amides is 1. The molecule has 2 aromatic rings. The maximum absolute atomic E-state index is 11.6. The molecular weight excluding hydrogens is 248 g/mol. The van der Waals surface area contributed by atoms with Gasteiger partial charge in [-0.2, -0.15) is 4.99 Å². The van der Waals surface area contributed by atoms with Gasteiger partial charge < -0.3 is 9.30 Å². The third-order valence-electron chi connectivity index (χ3n) is 2.33. The van der Waals surface area contributed by atoms with E-state index in [0.717, 1.165) is 5.56 Å². The highest BCUT2D eigenvalue weighted by Crippen LogP contribution is 2.11. The molecule has 0 aliphatic carbocycles. The van der Waals surface area contributed by atoms with Gasteiger partial charge in [-0.1, -0.05) is 12.1 Å². The monoisotopic (exact) mass is 262 g/mol. The number of aromatic nitrogens is 1. The molecule has 0 unspecified atom stereocenters. The molecule has 1 aromatic carbocycles. The van der Waals surface area contributed by atoms with E-state index in [-0.39, 0.29) is 12.5 Å². The van der Waals surface area contributed by atoms with Crippen LogP contribution in [0.2, 0.25) is 0 Å². The van der Waals surface area contributed by atoms with Crippen molar-refractivity contribution < 1.29 is 9.53 Å². The van der Waals surface area contributed by atoms with Crippen molar-refractivity contribution in [2.24, 2.45) is 12.0 Å². The maximum atomic E-state index is 11.6. The van der Waals surface area contributed by atoms with E-state index in [1.54, 1.807) is 4.57 Å². The van der Waals surface area contributed by atoms with Gasteiger partial charge in [-0.15, -0.1) is 11.3 Å². The standard InChI is InChI=1S/C13H14N2O2S/c1-10-4-3-5-11(8-10)17-9-12(16)14-13-15(2)6-7-18-13/h3-8H,9H2,1-2H3. The van der Waals surface area contributed by atoms with E-state index >= 15 is 0 Å². The van der Waals surface area contributed by atoms with Gasteiger partial charge in [0.1, 0.15) is 5.75 Å². The molecule has 1 aromatic heterocycles. The van der Waals surface area contributed by atoms with Crippen LogP contribution in [-0.2, 0) is 11.8 Å². The Kier molecular flexibility index (Phi) is 3.94. The highest BCUT2D eigenvalue weighted by atomic mass is 32.1. The first-order valence-electron chi connectivity index (χ1n) is 5.52. The number of hydrogen-bond acceptors (Lipinski definition) is 3. The number of carbonyl (C=O) groups is 1. The molecule has 0 radical (unpaired) electrons. The molecule has 0 saturated heterocycles. The zero-order valence-corrected chi connectivity index (χ0v) is 11.1. The van der Waals surface area contributed by atoms with Crippen LogP contribution in [0.1, 0.15) is 5.56 Å². The molecule has 0 atom stereocenters. The number of hydrogen-bond donors (Lipinski definition) is 0. The van der Waals surface area contributed by atoms with Crippen molar-refractivity contribution in [1.82, 2.24) is 4.57 Å². The molecule has 0 fully saturated rings. The second-order valence-corrected chi connectivity index (χ2v) is 4.78. The SMILES string of the molecule is Cc1cccc(OCC(=O)N=c2sccn2C)c1. The van der Waals surface area contributed by atoms with Gasteiger partial charge in [0.05, 0.1) is 0 Å². The Bertz CT molecular complexity index is 613. The predicted molar refractivity (Wildman–Crippen MR) is 70.5 cm³/mol. The summed E-state index contributed by atoms with van der Waals surface area (Å²) in [7, 11) is 1.85. The van der Waals surface area contributed by atoms with E-state index in [1.165, 1.54) is 11.3 Å². The van der Waals surface area contributed by atoms with Crippen LogP contribution in [0.5, 0.6) is 5.75 Å². The maximum Gasteiger partial charge on any atom is 0.286 e. The van der Waals surface area contributed by atoms with Crippen LogP contribution in [-0.4, -0.2) is 17.1 Å². The predicted octanol–water partition coefficient (Wildman–Crippen LogP) is 1.90. The molecule has 0 bridgehead atoms. The fourth-order valence-corrected chi connectivity index (χ4v) is 2.17. The van der Waals surface area contributed by atoms with Crippen molar-refractivity contribution in [3.8, 4) is 5.75 Å². The lowest BCUT2D eigenvalue weighted by molar-refractivity contribution is -0.120. The number of thiazole rings is 1. The second-order valence-electron chi connectivity index (χ2n) is 3.91. The van der Waals surface area contributed by atoms with Crippen LogP contribution in [0, 0.1) is 6.92 Å². The highest BCUT2D eigenvalue weighted by molar-refractivity contribution is 7.07.